The van der Waals surface area contributed by atoms with Crippen LogP contribution in [0.4, 0.5) is 13.2 Å². The fourth-order valence-electron chi connectivity index (χ4n) is 3.75. The van der Waals surface area contributed by atoms with Gasteiger partial charge in [-0.1, -0.05) is 50.3 Å². The first-order valence-electron chi connectivity index (χ1n) is 12.2. The van der Waals surface area contributed by atoms with Crippen LogP contribution in [0.3, 0.4) is 0 Å². The molecule has 0 aliphatic rings. The van der Waals surface area contributed by atoms with Gasteiger partial charge in [-0.2, -0.15) is 13.2 Å². The average Bonchev–Trinajstić information content (AvgIpc) is 3.29. The predicted octanol–water partition coefficient (Wildman–Crippen LogP) is 4.81. The van der Waals surface area contributed by atoms with Crippen molar-refractivity contribution in [2.24, 2.45) is 0 Å². The summed E-state index contributed by atoms with van der Waals surface area (Å²) < 4.78 is 48.4. The van der Waals surface area contributed by atoms with Crippen molar-refractivity contribution in [3.8, 4) is 5.75 Å². The molecular formula is C27H31F3N4O4. The summed E-state index contributed by atoms with van der Waals surface area (Å²) in [5, 5.41) is 8.09. The topological polar surface area (TPSA) is 96.2 Å². The Hall–Kier alpha value is -3.76. The maximum atomic E-state index is 13.1. The maximum Gasteiger partial charge on any atom is 0.422 e. The molecule has 1 atom stereocenters. The molecule has 2 heterocycles. The van der Waals surface area contributed by atoms with Crippen LogP contribution in [0.5, 0.6) is 5.75 Å². The van der Waals surface area contributed by atoms with Gasteiger partial charge >= 0.3 is 12.1 Å². The van der Waals surface area contributed by atoms with Crippen LogP contribution in [0.2, 0.25) is 0 Å². The van der Waals surface area contributed by atoms with Crippen LogP contribution >= 0.6 is 0 Å². The van der Waals surface area contributed by atoms with Gasteiger partial charge < -0.3 is 9.47 Å². The highest BCUT2D eigenvalue weighted by molar-refractivity contribution is 5.82. The molecule has 3 rings (SSSR count). The molecule has 2 aromatic heterocycles. The van der Waals surface area contributed by atoms with Crippen LogP contribution in [0.15, 0.2) is 48.8 Å². The number of ketones is 1. The lowest BCUT2D eigenvalue weighted by Crippen LogP contribution is -2.19. The van der Waals surface area contributed by atoms with Crippen molar-refractivity contribution >= 4 is 11.8 Å². The highest BCUT2D eigenvalue weighted by Crippen LogP contribution is 2.28. The number of halogens is 3. The van der Waals surface area contributed by atoms with E-state index in [1.54, 1.807) is 6.92 Å². The van der Waals surface area contributed by atoms with Crippen molar-refractivity contribution in [2.75, 3.05) is 13.2 Å². The minimum absolute atomic E-state index is 0.00927. The van der Waals surface area contributed by atoms with Crippen LogP contribution in [0, 0.1) is 0 Å². The fraction of sp³-hybridized carbons (Fsp3) is 0.444. The van der Waals surface area contributed by atoms with Crippen molar-refractivity contribution in [1.29, 1.82) is 0 Å². The van der Waals surface area contributed by atoms with Gasteiger partial charge in [0, 0.05) is 19.0 Å². The molecule has 0 amide bonds. The summed E-state index contributed by atoms with van der Waals surface area (Å²) in [5.74, 6) is -1.26. The number of hydrogen-bond acceptors (Lipinski definition) is 7. The van der Waals surface area contributed by atoms with Gasteiger partial charge in [0.1, 0.15) is 18.1 Å². The van der Waals surface area contributed by atoms with Crippen molar-refractivity contribution in [1.82, 2.24) is 20.0 Å². The number of rotatable bonds is 11. The van der Waals surface area contributed by atoms with Crippen molar-refractivity contribution in [3.63, 3.8) is 0 Å². The third-order valence-corrected chi connectivity index (χ3v) is 5.68. The zero-order chi connectivity index (χ0) is 27.9. The second kappa shape index (κ2) is 12.2. The van der Waals surface area contributed by atoms with E-state index in [2.05, 4.69) is 36.1 Å². The number of pyridine rings is 1. The molecular weight excluding hydrogens is 501 g/mol. The van der Waals surface area contributed by atoms with Crippen molar-refractivity contribution in [2.45, 2.75) is 64.6 Å². The van der Waals surface area contributed by atoms with Gasteiger partial charge in [0.05, 0.1) is 30.1 Å². The summed E-state index contributed by atoms with van der Waals surface area (Å²) in [7, 11) is 0. The number of aromatic nitrogens is 4. The van der Waals surface area contributed by atoms with Crippen LogP contribution in [-0.2, 0) is 32.7 Å². The molecule has 11 heteroatoms. The zero-order valence-electron chi connectivity index (χ0n) is 21.8. The lowest BCUT2D eigenvalue weighted by atomic mass is 9.86. The Balaban J connectivity index is 1.80. The number of carbonyl (C=O) groups excluding carboxylic acids is 2. The van der Waals surface area contributed by atoms with E-state index in [9.17, 15) is 22.8 Å². The molecule has 0 saturated carbocycles. The first-order valence-corrected chi connectivity index (χ1v) is 12.2. The maximum absolute atomic E-state index is 13.1. The Bertz CT molecular complexity index is 1220. The van der Waals surface area contributed by atoms with E-state index in [1.165, 1.54) is 29.2 Å². The lowest BCUT2D eigenvalue weighted by molar-refractivity contribution is -0.153. The first-order chi connectivity index (χ1) is 17.8. The van der Waals surface area contributed by atoms with Gasteiger partial charge in [-0.15, -0.1) is 5.10 Å². The SMILES string of the molecule is CCOC(=O)Cn1cc([C@@H](CC(=O)Cc2ccc(C(C)(C)C)cc2)c2ccc(OCC(F)(F)F)cn2)nn1. The molecule has 0 fully saturated rings. The summed E-state index contributed by atoms with van der Waals surface area (Å²) in [6.45, 7) is 6.65. The Kier molecular flexibility index (Phi) is 9.24. The number of nitrogens with zero attached hydrogens (tertiary/aromatic N) is 4. The molecule has 0 aliphatic heterocycles. The molecule has 8 nitrogen and oxygen atoms in total. The Morgan fingerprint density at radius 1 is 1.03 bits per heavy atom. The molecule has 0 spiro atoms. The number of benzene rings is 1. The van der Waals surface area contributed by atoms with Crippen LogP contribution in [0.1, 0.15) is 62.5 Å². The van der Waals surface area contributed by atoms with E-state index in [4.69, 9.17) is 9.47 Å². The smallest absolute Gasteiger partial charge is 0.422 e. The monoisotopic (exact) mass is 532 g/mol. The third-order valence-electron chi connectivity index (χ3n) is 5.68. The summed E-state index contributed by atoms with van der Waals surface area (Å²) in [4.78, 5) is 29.2. The molecule has 1 aromatic carbocycles. The molecule has 0 N–H and O–H groups in total. The van der Waals surface area contributed by atoms with Gasteiger partial charge in [0.2, 0.25) is 0 Å². The molecule has 0 unspecified atom stereocenters. The van der Waals surface area contributed by atoms with Gasteiger partial charge in [0.25, 0.3) is 0 Å². The summed E-state index contributed by atoms with van der Waals surface area (Å²) in [6, 6.07) is 10.7. The van der Waals surface area contributed by atoms with Crippen LogP contribution in [-0.4, -0.2) is 51.1 Å². The number of alkyl halides is 3. The normalized spacial score (nSPS) is 12.7. The van der Waals surface area contributed by atoms with Gasteiger partial charge in [-0.05, 0) is 35.6 Å². The number of carbonyl (C=O) groups is 2. The Morgan fingerprint density at radius 2 is 1.74 bits per heavy atom. The van der Waals surface area contributed by atoms with Crippen molar-refractivity contribution < 1.29 is 32.2 Å². The first kappa shape index (κ1) is 28.8. The van der Waals surface area contributed by atoms with Gasteiger partial charge in [-0.3, -0.25) is 14.6 Å². The van der Waals surface area contributed by atoms with Crippen LogP contribution < -0.4 is 4.74 Å². The highest BCUT2D eigenvalue weighted by Gasteiger charge is 2.29. The fourth-order valence-corrected chi connectivity index (χ4v) is 3.75. The quantitative estimate of drug-likeness (QED) is 0.327. The largest absolute Gasteiger partial charge is 0.483 e. The average molecular weight is 533 g/mol. The summed E-state index contributed by atoms with van der Waals surface area (Å²) in [5.41, 5.74) is 2.80. The lowest BCUT2D eigenvalue weighted by Gasteiger charge is -2.19. The molecule has 0 aliphatic carbocycles. The summed E-state index contributed by atoms with van der Waals surface area (Å²) >= 11 is 0. The van der Waals surface area contributed by atoms with E-state index in [0.29, 0.717) is 11.4 Å². The molecule has 0 saturated heterocycles. The second-order valence-corrected chi connectivity index (χ2v) is 9.89. The van der Waals surface area contributed by atoms with E-state index >= 15 is 0 Å². The number of Topliss-reactive ketones (excluding diaryl/α,β-unsaturated/α-hetero) is 1. The Morgan fingerprint density at radius 3 is 2.32 bits per heavy atom. The molecule has 0 radical (unpaired) electrons. The standard InChI is InChI=1S/C27H31F3N4O4/c1-5-37-25(36)16-34-15-24(32-33-34)22(23-11-10-21(14-31-23)38-17-27(28,29)30)13-20(35)12-18-6-8-19(9-7-18)26(2,3)4/h6-11,14-15,22H,5,12-13,16-17H2,1-4H3/t22-/m0/s1. The van der Waals surface area contributed by atoms with Crippen LogP contribution in [0.25, 0.3) is 0 Å². The van der Waals surface area contributed by atoms with Gasteiger partial charge in [-0.25, -0.2) is 4.68 Å². The van der Waals surface area contributed by atoms with E-state index in [-0.39, 0.29) is 42.9 Å². The van der Waals surface area contributed by atoms with E-state index in [1.807, 2.05) is 24.3 Å². The molecule has 204 valence electrons. The number of ether oxygens (including phenoxy) is 2. The minimum atomic E-state index is -4.48. The molecule has 0 bridgehead atoms. The van der Waals surface area contributed by atoms with E-state index < -0.39 is 24.7 Å². The summed E-state index contributed by atoms with van der Waals surface area (Å²) in [6.07, 6.45) is -1.56. The minimum Gasteiger partial charge on any atom is -0.483 e. The zero-order valence-corrected chi connectivity index (χ0v) is 21.8. The third kappa shape index (κ3) is 8.67. The predicted molar refractivity (Wildman–Crippen MR) is 133 cm³/mol. The molecule has 38 heavy (non-hydrogen) atoms. The highest BCUT2D eigenvalue weighted by atomic mass is 19.4. The van der Waals surface area contributed by atoms with E-state index in [0.717, 1.165) is 11.1 Å². The molecule has 3 aromatic rings. The number of hydrogen-bond donors (Lipinski definition) is 0. The number of esters is 1. The van der Waals surface area contributed by atoms with Crippen molar-refractivity contribution in [3.05, 3.63) is 71.3 Å². The van der Waals surface area contributed by atoms with Gasteiger partial charge in [0.15, 0.2) is 6.61 Å². The Labute approximate surface area is 219 Å². The second-order valence-electron chi connectivity index (χ2n) is 9.89.